The van der Waals surface area contributed by atoms with Crippen LogP contribution < -0.4 is 5.32 Å². The molecule has 0 amide bonds. The summed E-state index contributed by atoms with van der Waals surface area (Å²) >= 11 is 3.32. The fraction of sp³-hybridized carbons (Fsp3) is 0.538. The van der Waals surface area contributed by atoms with Crippen LogP contribution in [-0.4, -0.2) is 7.05 Å². The molecular formula is C13H19BrFN. The van der Waals surface area contributed by atoms with E-state index in [1.807, 2.05) is 13.1 Å². The summed E-state index contributed by atoms with van der Waals surface area (Å²) in [6.45, 7) is 2.19. The van der Waals surface area contributed by atoms with Gasteiger partial charge in [0.2, 0.25) is 0 Å². The molecule has 0 spiro atoms. The van der Waals surface area contributed by atoms with Gasteiger partial charge in [0.25, 0.3) is 0 Å². The Hall–Kier alpha value is -0.410. The molecule has 0 radical (unpaired) electrons. The fourth-order valence-electron chi connectivity index (χ4n) is 1.85. The summed E-state index contributed by atoms with van der Waals surface area (Å²) in [5.41, 5.74) is 1.02. The first-order valence-corrected chi connectivity index (χ1v) is 6.60. The molecule has 1 aromatic rings. The molecule has 1 unspecified atom stereocenters. The molecule has 0 aliphatic rings. The molecule has 1 nitrogen and oxygen atoms in total. The summed E-state index contributed by atoms with van der Waals surface area (Å²) in [6, 6.07) is 5.33. The number of nitrogens with one attached hydrogen (secondary N) is 1. The van der Waals surface area contributed by atoms with Crippen LogP contribution in [0.25, 0.3) is 0 Å². The van der Waals surface area contributed by atoms with E-state index >= 15 is 0 Å². The van der Waals surface area contributed by atoms with Crippen LogP contribution in [0, 0.1) is 5.82 Å². The molecule has 0 fully saturated rings. The number of rotatable bonds is 6. The van der Waals surface area contributed by atoms with Gasteiger partial charge in [0.1, 0.15) is 5.82 Å². The van der Waals surface area contributed by atoms with Crippen molar-refractivity contribution in [2.45, 2.75) is 38.6 Å². The second-order valence-corrected chi connectivity index (χ2v) is 4.96. The standard InChI is InChI=1S/C13H19BrFN/c1-3-4-5-6-13(16-2)10-7-11(14)9-12(15)8-10/h7-9,13,16H,3-6H2,1-2H3. The first-order valence-electron chi connectivity index (χ1n) is 5.80. The second-order valence-electron chi connectivity index (χ2n) is 4.04. The van der Waals surface area contributed by atoms with Crippen LogP contribution in [0.3, 0.4) is 0 Å². The average Bonchev–Trinajstić information content (AvgIpc) is 2.23. The van der Waals surface area contributed by atoms with Crippen molar-refractivity contribution in [2.24, 2.45) is 0 Å². The van der Waals surface area contributed by atoms with Gasteiger partial charge in [0.15, 0.2) is 0 Å². The highest BCUT2D eigenvalue weighted by Crippen LogP contribution is 2.24. The molecule has 3 heteroatoms. The van der Waals surface area contributed by atoms with Crippen molar-refractivity contribution in [3.8, 4) is 0 Å². The van der Waals surface area contributed by atoms with Crippen molar-refractivity contribution >= 4 is 15.9 Å². The van der Waals surface area contributed by atoms with Gasteiger partial charge in [0, 0.05) is 10.5 Å². The van der Waals surface area contributed by atoms with E-state index in [0.717, 1.165) is 16.5 Å². The molecule has 1 rings (SSSR count). The molecule has 1 N–H and O–H groups in total. The summed E-state index contributed by atoms with van der Waals surface area (Å²) in [5.74, 6) is -0.180. The van der Waals surface area contributed by atoms with Crippen molar-refractivity contribution in [2.75, 3.05) is 7.05 Å². The molecule has 16 heavy (non-hydrogen) atoms. The Morgan fingerprint density at radius 2 is 2.06 bits per heavy atom. The topological polar surface area (TPSA) is 12.0 Å². The van der Waals surface area contributed by atoms with Gasteiger partial charge in [-0.15, -0.1) is 0 Å². The maximum atomic E-state index is 13.3. The summed E-state index contributed by atoms with van der Waals surface area (Å²) in [7, 11) is 1.93. The van der Waals surface area contributed by atoms with E-state index in [2.05, 4.69) is 28.2 Å². The van der Waals surface area contributed by atoms with Crippen LogP contribution in [0.15, 0.2) is 22.7 Å². The average molecular weight is 288 g/mol. The van der Waals surface area contributed by atoms with Crippen LogP contribution in [0.4, 0.5) is 4.39 Å². The Labute approximate surface area is 106 Å². The fourth-order valence-corrected chi connectivity index (χ4v) is 2.34. The van der Waals surface area contributed by atoms with Gasteiger partial charge in [-0.1, -0.05) is 42.1 Å². The SMILES string of the molecule is CCCCCC(NC)c1cc(F)cc(Br)c1. The zero-order valence-electron chi connectivity index (χ0n) is 9.89. The zero-order chi connectivity index (χ0) is 12.0. The lowest BCUT2D eigenvalue weighted by Crippen LogP contribution is -2.16. The molecule has 90 valence electrons. The summed E-state index contributed by atoms with van der Waals surface area (Å²) in [5, 5.41) is 3.24. The van der Waals surface area contributed by atoms with E-state index in [4.69, 9.17) is 0 Å². The first-order chi connectivity index (χ1) is 7.67. The highest BCUT2D eigenvalue weighted by molar-refractivity contribution is 9.10. The monoisotopic (exact) mass is 287 g/mol. The lowest BCUT2D eigenvalue weighted by atomic mass is 10.0. The van der Waals surface area contributed by atoms with Gasteiger partial charge >= 0.3 is 0 Å². The van der Waals surface area contributed by atoms with Crippen molar-refractivity contribution in [1.82, 2.24) is 5.32 Å². The molecular weight excluding hydrogens is 269 g/mol. The van der Waals surface area contributed by atoms with Crippen molar-refractivity contribution < 1.29 is 4.39 Å². The number of benzene rings is 1. The minimum atomic E-state index is -0.180. The van der Waals surface area contributed by atoms with Gasteiger partial charge in [-0.3, -0.25) is 0 Å². The number of unbranched alkanes of at least 4 members (excludes halogenated alkanes) is 2. The van der Waals surface area contributed by atoms with Crippen LogP contribution in [0.5, 0.6) is 0 Å². The first kappa shape index (κ1) is 13.7. The third-order valence-electron chi connectivity index (χ3n) is 2.73. The Kier molecular flexibility index (Phi) is 5.99. The number of hydrogen-bond donors (Lipinski definition) is 1. The lowest BCUT2D eigenvalue weighted by Gasteiger charge is -2.17. The quantitative estimate of drug-likeness (QED) is 0.764. The Bertz CT molecular complexity index is 307. The molecule has 0 aliphatic heterocycles. The second kappa shape index (κ2) is 7.02. The van der Waals surface area contributed by atoms with E-state index in [1.165, 1.54) is 25.3 Å². The molecule has 0 saturated heterocycles. The molecule has 0 saturated carbocycles. The Morgan fingerprint density at radius 1 is 1.31 bits per heavy atom. The highest BCUT2D eigenvalue weighted by atomic mass is 79.9. The van der Waals surface area contributed by atoms with Crippen LogP contribution in [-0.2, 0) is 0 Å². The maximum absolute atomic E-state index is 13.3. The van der Waals surface area contributed by atoms with Crippen molar-refractivity contribution in [1.29, 1.82) is 0 Å². The number of halogens is 2. The summed E-state index contributed by atoms with van der Waals surface area (Å²) < 4.78 is 14.1. The highest BCUT2D eigenvalue weighted by Gasteiger charge is 2.10. The van der Waals surface area contributed by atoms with E-state index in [0.29, 0.717) is 0 Å². The molecule has 0 bridgehead atoms. The summed E-state index contributed by atoms with van der Waals surface area (Å²) in [4.78, 5) is 0. The van der Waals surface area contributed by atoms with Crippen molar-refractivity contribution in [3.05, 3.63) is 34.1 Å². The Morgan fingerprint density at radius 3 is 2.62 bits per heavy atom. The lowest BCUT2D eigenvalue weighted by molar-refractivity contribution is 0.508. The van der Waals surface area contributed by atoms with Crippen LogP contribution >= 0.6 is 15.9 Å². The largest absolute Gasteiger partial charge is 0.313 e. The van der Waals surface area contributed by atoms with E-state index in [9.17, 15) is 4.39 Å². The minimum absolute atomic E-state index is 0.180. The summed E-state index contributed by atoms with van der Waals surface area (Å²) in [6.07, 6.45) is 4.67. The van der Waals surface area contributed by atoms with Gasteiger partial charge in [0.05, 0.1) is 0 Å². The maximum Gasteiger partial charge on any atom is 0.124 e. The minimum Gasteiger partial charge on any atom is -0.313 e. The van der Waals surface area contributed by atoms with E-state index < -0.39 is 0 Å². The zero-order valence-corrected chi connectivity index (χ0v) is 11.5. The third-order valence-corrected chi connectivity index (χ3v) is 3.19. The van der Waals surface area contributed by atoms with Gasteiger partial charge < -0.3 is 5.32 Å². The van der Waals surface area contributed by atoms with Crippen molar-refractivity contribution in [3.63, 3.8) is 0 Å². The van der Waals surface area contributed by atoms with Gasteiger partial charge in [-0.05, 0) is 37.2 Å². The Balaban J connectivity index is 2.70. The van der Waals surface area contributed by atoms with E-state index in [-0.39, 0.29) is 11.9 Å². The van der Waals surface area contributed by atoms with Gasteiger partial charge in [-0.25, -0.2) is 4.39 Å². The molecule has 1 aromatic carbocycles. The predicted octanol–water partition coefficient (Wildman–Crippen LogP) is 4.43. The molecule has 0 heterocycles. The molecule has 1 atom stereocenters. The van der Waals surface area contributed by atoms with E-state index in [1.54, 1.807) is 6.07 Å². The molecule has 0 aliphatic carbocycles. The normalized spacial score (nSPS) is 12.8. The predicted molar refractivity (Wildman–Crippen MR) is 70.0 cm³/mol. The molecule has 0 aromatic heterocycles. The van der Waals surface area contributed by atoms with Crippen LogP contribution in [0.1, 0.15) is 44.2 Å². The van der Waals surface area contributed by atoms with Gasteiger partial charge in [-0.2, -0.15) is 0 Å². The smallest absolute Gasteiger partial charge is 0.124 e. The van der Waals surface area contributed by atoms with Crippen LogP contribution in [0.2, 0.25) is 0 Å². The number of hydrogen-bond acceptors (Lipinski definition) is 1. The third kappa shape index (κ3) is 4.22.